The van der Waals surface area contributed by atoms with E-state index in [0.717, 1.165) is 19.2 Å². The Balaban J connectivity index is 2.22. The summed E-state index contributed by atoms with van der Waals surface area (Å²) in [6, 6.07) is 9.22. The largest absolute Gasteiger partial charge is 0.467 e. The van der Waals surface area contributed by atoms with Gasteiger partial charge in [0.25, 0.3) is 26.0 Å². The monoisotopic (exact) mass is 637 g/mol. The zero-order valence-electron chi connectivity index (χ0n) is 23.4. The van der Waals surface area contributed by atoms with Crippen LogP contribution >= 0.6 is 0 Å². The highest BCUT2D eigenvalue weighted by Crippen LogP contribution is 2.27. The maximum absolute atomic E-state index is 14.1. The van der Waals surface area contributed by atoms with Crippen molar-refractivity contribution in [3.63, 3.8) is 0 Å². The number of ether oxygens (including phenoxy) is 4. The first-order chi connectivity index (χ1) is 20.3. The number of aromatic nitrogens is 3. The summed E-state index contributed by atoms with van der Waals surface area (Å²) >= 11 is 0. The minimum Gasteiger partial charge on any atom is -0.467 e. The topological polar surface area (TPSA) is 232 Å². The third-order valence-electron chi connectivity index (χ3n) is 5.17. The van der Waals surface area contributed by atoms with E-state index < -0.39 is 71.8 Å². The van der Waals surface area contributed by atoms with Gasteiger partial charge in [-0.15, -0.1) is 10.1 Å². The molecule has 17 nitrogen and oxygen atoms in total. The first-order valence-electron chi connectivity index (χ1n) is 12.0. The Kier molecular flexibility index (Phi) is 10.0. The van der Waals surface area contributed by atoms with Crippen molar-refractivity contribution in [2.45, 2.75) is 29.7 Å². The lowest BCUT2D eigenvalue weighted by molar-refractivity contribution is 0.0373. The van der Waals surface area contributed by atoms with Crippen molar-refractivity contribution < 1.29 is 45.4 Å². The molecule has 0 saturated carbocycles. The van der Waals surface area contributed by atoms with E-state index in [1.54, 1.807) is 18.7 Å². The predicted octanol–water partition coefficient (Wildman–Crippen LogP) is 0.644. The first kappa shape index (κ1) is 32.5. The second-order valence-corrected chi connectivity index (χ2v) is 11.8. The van der Waals surface area contributed by atoms with Crippen LogP contribution in [0.2, 0.25) is 0 Å². The van der Waals surface area contributed by atoms with Gasteiger partial charge in [0.2, 0.25) is 5.96 Å². The molecule has 19 heteroatoms. The van der Waals surface area contributed by atoms with Crippen molar-refractivity contribution in [1.82, 2.24) is 19.8 Å². The van der Waals surface area contributed by atoms with Crippen LogP contribution in [0.5, 0.6) is 12.0 Å². The number of hydrogen-bond donors (Lipinski definition) is 2. The van der Waals surface area contributed by atoms with Gasteiger partial charge >= 0.3 is 24.0 Å². The Morgan fingerprint density at radius 1 is 0.837 bits per heavy atom. The van der Waals surface area contributed by atoms with Gasteiger partial charge < -0.3 is 24.7 Å². The van der Waals surface area contributed by atoms with Crippen LogP contribution in [-0.2, 0) is 29.5 Å². The van der Waals surface area contributed by atoms with Crippen molar-refractivity contribution in [2.75, 3.05) is 25.6 Å². The number of anilines is 1. The van der Waals surface area contributed by atoms with Crippen LogP contribution < -0.4 is 24.3 Å². The summed E-state index contributed by atoms with van der Waals surface area (Å²) in [6.07, 6.45) is -0.592. The summed E-state index contributed by atoms with van der Waals surface area (Å²) in [5, 5.41) is 3.55. The van der Waals surface area contributed by atoms with Crippen molar-refractivity contribution in [1.29, 1.82) is 0 Å². The molecule has 3 N–H and O–H groups in total. The number of sulfonamides is 2. The maximum Gasteiger partial charge on any atom is 0.339 e. The Morgan fingerprint density at radius 2 is 1.35 bits per heavy atom. The van der Waals surface area contributed by atoms with Crippen molar-refractivity contribution in [3.05, 3.63) is 59.7 Å². The standard InChI is InChI=1S/C24H27N7O10S2/c1-14(2)41-20(33)16-11-7-9-13-18(16)43(36,37)31(22-26-23(39-4)28-24(27-22)40-5)21(25)29-30-42(34,35)17-12-8-6-10-15(17)19(32)38-3/h6-14,30H,1-5H3,(H2,25,29). The van der Waals surface area contributed by atoms with E-state index in [9.17, 15) is 26.4 Å². The first-order valence-corrected chi connectivity index (χ1v) is 14.9. The zero-order valence-corrected chi connectivity index (χ0v) is 25.0. The minimum absolute atomic E-state index is 0.232. The van der Waals surface area contributed by atoms with Crippen LogP contribution in [0.4, 0.5) is 5.95 Å². The van der Waals surface area contributed by atoms with Gasteiger partial charge in [-0.3, -0.25) is 0 Å². The Morgan fingerprint density at radius 3 is 1.86 bits per heavy atom. The number of nitrogens with zero attached hydrogens (tertiary/aromatic N) is 5. The summed E-state index contributed by atoms with van der Waals surface area (Å²) in [4.78, 5) is 37.2. The quantitative estimate of drug-likeness (QED) is 0.127. The van der Waals surface area contributed by atoms with Crippen LogP contribution in [0.1, 0.15) is 34.6 Å². The highest BCUT2D eigenvalue weighted by atomic mass is 32.2. The van der Waals surface area contributed by atoms with E-state index in [1.807, 2.05) is 0 Å². The molecule has 0 atom stereocenters. The molecule has 3 aromatic rings. The number of esters is 2. The highest BCUT2D eigenvalue weighted by molar-refractivity contribution is 7.93. The molecule has 230 valence electrons. The summed E-state index contributed by atoms with van der Waals surface area (Å²) in [5.74, 6) is -3.72. The van der Waals surface area contributed by atoms with Crippen LogP contribution in [-0.4, -0.2) is 77.1 Å². The van der Waals surface area contributed by atoms with Gasteiger partial charge in [0.05, 0.1) is 38.6 Å². The van der Waals surface area contributed by atoms with Crippen LogP contribution in [0.3, 0.4) is 0 Å². The number of guanidine groups is 1. The lowest BCUT2D eigenvalue weighted by atomic mass is 10.2. The molecule has 0 aliphatic carbocycles. The van der Waals surface area contributed by atoms with Gasteiger partial charge in [0, 0.05) is 0 Å². The molecule has 0 aliphatic rings. The number of benzene rings is 2. The van der Waals surface area contributed by atoms with E-state index in [2.05, 4.69) is 24.8 Å². The number of hydrogen-bond acceptors (Lipinski definition) is 14. The summed E-state index contributed by atoms with van der Waals surface area (Å²) in [5.41, 5.74) is 5.34. The van der Waals surface area contributed by atoms with Gasteiger partial charge in [-0.05, 0) is 38.1 Å². The lowest BCUT2D eigenvalue weighted by Crippen LogP contribution is -2.45. The molecule has 0 unspecified atom stereocenters. The Labute approximate surface area is 246 Å². The average molecular weight is 638 g/mol. The molecule has 0 radical (unpaired) electrons. The van der Waals surface area contributed by atoms with E-state index >= 15 is 0 Å². The molecule has 0 amide bonds. The fourth-order valence-electron chi connectivity index (χ4n) is 3.35. The average Bonchev–Trinajstić information content (AvgIpc) is 2.99. The van der Waals surface area contributed by atoms with Gasteiger partial charge in [-0.1, -0.05) is 24.3 Å². The molecule has 43 heavy (non-hydrogen) atoms. The smallest absolute Gasteiger partial charge is 0.339 e. The van der Waals surface area contributed by atoms with Crippen LogP contribution in [0.25, 0.3) is 0 Å². The van der Waals surface area contributed by atoms with Crippen molar-refractivity contribution >= 4 is 43.9 Å². The number of rotatable bonds is 11. The van der Waals surface area contributed by atoms with E-state index in [4.69, 9.17) is 19.9 Å². The normalized spacial score (nSPS) is 11.9. The molecule has 0 spiro atoms. The number of nitrogens with two attached hydrogens (primary N) is 1. The summed E-state index contributed by atoms with van der Waals surface area (Å²) in [6.45, 7) is 3.14. The maximum atomic E-state index is 14.1. The van der Waals surface area contributed by atoms with E-state index in [1.165, 1.54) is 50.6 Å². The Bertz CT molecular complexity index is 1740. The molecule has 0 saturated heterocycles. The fourth-order valence-corrected chi connectivity index (χ4v) is 5.82. The molecule has 2 aromatic carbocycles. The second kappa shape index (κ2) is 13.3. The molecule has 1 aromatic heterocycles. The van der Waals surface area contributed by atoms with Gasteiger partial charge in [-0.25, -0.2) is 18.0 Å². The number of carbonyl (C=O) groups excluding carboxylic acids is 2. The molecule has 0 bridgehead atoms. The third kappa shape index (κ3) is 7.25. The molecule has 0 fully saturated rings. The van der Waals surface area contributed by atoms with E-state index in [0.29, 0.717) is 0 Å². The molecule has 3 rings (SSSR count). The van der Waals surface area contributed by atoms with Crippen molar-refractivity contribution in [3.8, 4) is 12.0 Å². The SMILES string of the molecule is COC(=O)c1ccccc1S(=O)(=O)NN=C(N)N(c1nc(OC)nc(OC)n1)S(=O)(=O)c1ccccc1C(=O)OC(C)C. The lowest BCUT2D eigenvalue weighted by Gasteiger charge is -2.22. The number of nitrogens with one attached hydrogen (secondary N) is 1. The fraction of sp³-hybridized carbons (Fsp3) is 0.250. The summed E-state index contributed by atoms with van der Waals surface area (Å²) < 4.78 is 74.4. The minimum atomic E-state index is -4.97. The van der Waals surface area contributed by atoms with Gasteiger partial charge in [-0.2, -0.15) is 27.5 Å². The Hall–Kier alpha value is -5.04. The summed E-state index contributed by atoms with van der Waals surface area (Å²) in [7, 11) is -6.19. The number of carbonyl (C=O) groups is 2. The highest BCUT2D eigenvalue weighted by Gasteiger charge is 2.36. The molecular weight excluding hydrogens is 610 g/mol. The molecule has 0 aliphatic heterocycles. The molecule has 1 heterocycles. The van der Waals surface area contributed by atoms with Crippen LogP contribution in [0.15, 0.2) is 63.4 Å². The third-order valence-corrected chi connectivity index (χ3v) is 8.18. The number of hydrazone groups is 1. The van der Waals surface area contributed by atoms with Gasteiger partial charge in [0.1, 0.15) is 9.79 Å². The van der Waals surface area contributed by atoms with Crippen molar-refractivity contribution in [2.24, 2.45) is 10.8 Å². The second-order valence-electron chi connectivity index (χ2n) is 8.38. The van der Waals surface area contributed by atoms with E-state index in [-0.39, 0.29) is 15.4 Å². The molecular formula is C24H27N7O10S2. The van der Waals surface area contributed by atoms with Gasteiger partial charge in [0.15, 0.2) is 0 Å². The predicted molar refractivity (Wildman–Crippen MR) is 149 cm³/mol. The van der Waals surface area contributed by atoms with Crippen LogP contribution in [0, 0.1) is 0 Å². The zero-order chi connectivity index (χ0) is 31.9. The number of methoxy groups -OCH3 is 3.